The molecule has 0 aromatic rings. The van der Waals surface area contributed by atoms with E-state index in [1.807, 2.05) is 0 Å². The van der Waals surface area contributed by atoms with Gasteiger partial charge in [0.05, 0.1) is 0 Å². The normalized spacial score (nSPS) is 34.3. The van der Waals surface area contributed by atoms with E-state index in [1.54, 1.807) is 0 Å². The molecule has 1 saturated carbocycles. The van der Waals surface area contributed by atoms with E-state index in [2.05, 4.69) is 49.9 Å². The van der Waals surface area contributed by atoms with Crippen LogP contribution in [0.25, 0.3) is 0 Å². The number of rotatable bonds is 5. The Balaban J connectivity index is 1.87. The van der Waals surface area contributed by atoms with Crippen molar-refractivity contribution in [1.29, 1.82) is 0 Å². The van der Waals surface area contributed by atoms with Crippen LogP contribution in [-0.2, 0) is 0 Å². The quantitative estimate of drug-likeness (QED) is 0.841. The van der Waals surface area contributed by atoms with Gasteiger partial charge in [-0.2, -0.15) is 0 Å². The van der Waals surface area contributed by atoms with Gasteiger partial charge in [-0.3, -0.25) is 4.90 Å². The van der Waals surface area contributed by atoms with Gasteiger partial charge in [-0.15, -0.1) is 0 Å². The second-order valence-electron chi connectivity index (χ2n) is 7.97. The maximum atomic E-state index is 3.96. The van der Waals surface area contributed by atoms with Crippen LogP contribution in [-0.4, -0.2) is 61.7 Å². The lowest BCUT2D eigenvalue weighted by molar-refractivity contribution is 0.0801. The first-order valence-corrected chi connectivity index (χ1v) is 9.15. The average Bonchev–Trinajstić information content (AvgIpc) is 2.43. The monoisotopic (exact) mass is 295 g/mol. The molecule has 0 bridgehead atoms. The molecule has 0 aromatic heterocycles. The summed E-state index contributed by atoms with van der Waals surface area (Å²) >= 11 is 0. The first-order valence-electron chi connectivity index (χ1n) is 9.15. The predicted molar refractivity (Wildman–Crippen MR) is 91.7 cm³/mol. The molecule has 0 aromatic carbocycles. The summed E-state index contributed by atoms with van der Waals surface area (Å²) < 4.78 is 0. The standard InChI is InChI=1S/C18H37N3/c1-14(2)17(21-11-9-20(5)10-12-21)13-19-18-15(3)7-6-8-16(18)4/h14-19H,6-13H2,1-5H3. The van der Waals surface area contributed by atoms with Crippen molar-refractivity contribution in [2.45, 2.75) is 59.0 Å². The van der Waals surface area contributed by atoms with Crippen molar-refractivity contribution >= 4 is 0 Å². The van der Waals surface area contributed by atoms with Crippen molar-refractivity contribution in [3.05, 3.63) is 0 Å². The molecule has 2 rings (SSSR count). The van der Waals surface area contributed by atoms with E-state index >= 15 is 0 Å². The van der Waals surface area contributed by atoms with Crippen molar-refractivity contribution in [2.24, 2.45) is 17.8 Å². The first-order chi connectivity index (χ1) is 9.99. The van der Waals surface area contributed by atoms with E-state index in [0.717, 1.165) is 23.8 Å². The molecule has 124 valence electrons. The van der Waals surface area contributed by atoms with Crippen LogP contribution in [0.3, 0.4) is 0 Å². The van der Waals surface area contributed by atoms with Crippen molar-refractivity contribution in [1.82, 2.24) is 15.1 Å². The fourth-order valence-electron chi connectivity index (χ4n) is 4.28. The fraction of sp³-hybridized carbons (Fsp3) is 1.00. The van der Waals surface area contributed by atoms with E-state index in [-0.39, 0.29) is 0 Å². The van der Waals surface area contributed by atoms with Crippen LogP contribution in [0.5, 0.6) is 0 Å². The summed E-state index contributed by atoms with van der Waals surface area (Å²) in [6.07, 6.45) is 4.23. The summed E-state index contributed by atoms with van der Waals surface area (Å²) in [5, 5.41) is 3.96. The SMILES string of the molecule is CC(C)C(CNC1C(C)CCCC1C)N1CCN(C)CC1. The molecular weight excluding hydrogens is 258 g/mol. The van der Waals surface area contributed by atoms with E-state index < -0.39 is 0 Å². The number of hydrogen-bond donors (Lipinski definition) is 1. The van der Waals surface area contributed by atoms with Crippen molar-refractivity contribution in [3.63, 3.8) is 0 Å². The van der Waals surface area contributed by atoms with Gasteiger partial charge in [0.15, 0.2) is 0 Å². The Morgan fingerprint density at radius 1 is 1.00 bits per heavy atom. The highest BCUT2D eigenvalue weighted by Crippen LogP contribution is 2.29. The topological polar surface area (TPSA) is 18.5 Å². The van der Waals surface area contributed by atoms with Gasteiger partial charge in [0.2, 0.25) is 0 Å². The van der Waals surface area contributed by atoms with Crippen molar-refractivity contribution in [2.75, 3.05) is 39.8 Å². The second kappa shape index (κ2) is 7.94. The largest absolute Gasteiger partial charge is 0.312 e. The summed E-state index contributed by atoms with van der Waals surface area (Å²) in [4.78, 5) is 5.17. The summed E-state index contributed by atoms with van der Waals surface area (Å²) in [7, 11) is 2.24. The molecule has 1 aliphatic carbocycles. The Morgan fingerprint density at radius 3 is 2.10 bits per heavy atom. The zero-order valence-corrected chi connectivity index (χ0v) is 14.9. The van der Waals surface area contributed by atoms with Crippen LogP contribution < -0.4 is 5.32 Å². The minimum absolute atomic E-state index is 0.694. The lowest BCUT2D eigenvalue weighted by Gasteiger charge is -2.42. The summed E-state index contributed by atoms with van der Waals surface area (Å²) in [5.74, 6) is 2.42. The van der Waals surface area contributed by atoms with Crippen molar-refractivity contribution < 1.29 is 0 Å². The maximum Gasteiger partial charge on any atom is 0.0244 e. The summed E-state index contributed by atoms with van der Waals surface area (Å²) in [6, 6.07) is 1.42. The molecule has 1 heterocycles. The highest BCUT2D eigenvalue weighted by Gasteiger charge is 2.30. The third-order valence-corrected chi connectivity index (χ3v) is 5.88. The minimum atomic E-state index is 0.694. The van der Waals surface area contributed by atoms with Gasteiger partial charge in [-0.05, 0) is 37.6 Å². The zero-order chi connectivity index (χ0) is 15.4. The molecule has 1 aliphatic heterocycles. The van der Waals surface area contributed by atoms with Gasteiger partial charge in [0, 0.05) is 44.8 Å². The van der Waals surface area contributed by atoms with Crippen LogP contribution in [0.2, 0.25) is 0 Å². The number of piperazine rings is 1. The minimum Gasteiger partial charge on any atom is -0.312 e. The van der Waals surface area contributed by atoms with Gasteiger partial charge in [0.1, 0.15) is 0 Å². The number of hydrogen-bond acceptors (Lipinski definition) is 3. The predicted octanol–water partition coefficient (Wildman–Crippen LogP) is 2.67. The van der Waals surface area contributed by atoms with Gasteiger partial charge in [-0.25, -0.2) is 0 Å². The van der Waals surface area contributed by atoms with Gasteiger partial charge in [0.25, 0.3) is 0 Å². The van der Waals surface area contributed by atoms with E-state index in [9.17, 15) is 0 Å². The first kappa shape index (κ1) is 17.2. The zero-order valence-electron chi connectivity index (χ0n) is 14.9. The van der Waals surface area contributed by atoms with Crippen LogP contribution in [0, 0.1) is 17.8 Å². The molecular formula is C18H37N3. The lowest BCUT2D eigenvalue weighted by atomic mass is 9.78. The van der Waals surface area contributed by atoms with E-state index in [4.69, 9.17) is 0 Å². The second-order valence-corrected chi connectivity index (χ2v) is 7.97. The summed E-state index contributed by atoms with van der Waals surface area (Å²) in [6.45, 7) is 15.7. The summed E-state index contributed by atoms with van der Waals surface area (Å²) in [5.41, 5.74) is 0. The number of likely N-dealkylation sites (N-methyl/N-ethyl adjacent to an activating group) is 1. The van der Waals surface area contributed by atoms with Gasteiger partial charge < -0.3 is 10.2 Å². The molecule has 1 N–H and O–H groups in total. The lowest BCUT2D eigenvalue weighted by Crippen LogP contribution is -2.56. The third kappa shape index (κ3) is 4.67. The van der Waals surface area contributed by atoms with E-state index in [1.165, 1.54) is 52.0 Å². The molecule has 3 atom stereocenters. The molecule has 0 radical (unpaired) electrons. The third-order valence-electron chi connectivity index (χ3n) is 5.88. The van der Waals surface area contributed by atoms with Gasteiger partial charge in [-0.1, -0.05) is 34.1 Å². The Labute approximate surface area is 132 Å². The smallest absolute Gasteiger partial charge is 0.0244 e. The Hall–Kier alpha value is -0.120. The molecule has 3 heteroatoms. The molecule has 3 unspecified atom stereocenters. The fourth-order valence-corrected chi connectivity index (χ4v) is 4.28. The molecule has 0 amide bonds. The van der Waals surface area contributed by atoms with Crippen molar-refractivity contribution in [3.8, 4) is 0 Å². The average molecular weight is 296 g/mol. The van der Waals surface area contributed by atoms with Gasteiger partial charge >= 0.3 is 0 Å². The van der Waals surface area contributed by atoms with Crippen LogP contribution in [0.4, 0.5) is 0 Å². The van der Waals surface area contributed by atoms with E-state index in [0.29, 0.717) is 6.04 Å². The molecule has 2 fully saturated rings. The van der Waals surface area contributed by atoms with Crippen LogP contribution in [0.15, 0.2) is 0 Å². The van der Waals surface area contributed by atoms with Crippen LogP contribution in [0.1, 0.15) is 47.0 Å². The molecule has 2 aliphatic rings. The number of nitrogens with zero attached hydrogens (tertiary/aromatic N) is 2. The molecule has 1 saturated heterocycles. The Kier molecular flexibility index (Phi) is 6.51. The Bertz CT molecular complexity index is 287. The highest BCUT2D eigenvalue weighted by atomic mass is 15.3. The highest BCUT2D eigenvalue weighted by molar-refractivity contribution is 4.87. The molecule has 21 heavy (non-hydrogen) atoms. The maximum absolute atomic E-state index is 3.96. The Morgan fingerprint density at radius 2 is 1.57 bits per heavy atom. The van der Waals surface area contributed by atoms with Crippen LogP contribution >= 0.6 is 0 Å². The molecule has 0 spiro atoms. The molecule has 3 nitrogen and oxygen atoms in total. The number of nitrogens with one attached hydrogen (secondary N) is 1.